The van der Waals surface area contributed by atoms with E-state index in [-0.39, 0.29) is 11.2 Å². The number of nitrogens with zero attached hydrogens (tertiary/aromatic N) is 1. The molecule has 1 saturated carbocycles. The van der Waals surface area contributed by atoms with Gasteiger partial charge in [0.25, 0.3) is 0 Å². The molecule has 17 heavy (non-hydrogen) atoms. The zero-order valence-electron chi connectivity index (χ0n) is 10.8. The van der Waals surface area contributed by atoms with Crippen LogP contribution in [0.4, 0.5) is 10.1 Å². The van der Waals surface area contributed by atoms with E-state index in [4.69, 9.17) is 0 Å². The maximum atomic E-state index is 13.9. The molecule has 92 valence electrons. The molecule has 1 aromatic carbocycles. The Labute approximate surface area is 103 Å². The second-order valence-electron chi connectivity index (χ2n) is 6.58. The second kappa shape index (κ2) is 3.47. The minimum atomic E-state index is -0.0701. The van der Waals surface area contributed by atoms with Crippen LogP contribution in [-0.2, 0) is 5.41 Å². The Morgan fingerprint density at radius 1 is 1.18 bits per heavy atom. The molecule has 1 heterocycles. The van der Waals surface area contributed by atoms with Crippen LogP contribution in [0.15, 0.2) is 18.2 Å². The van der Waals surface area contributed by atoms with E-state index < -0.39 is 0 Å². The smallest absolute Gasteiger partial charge is 0.146 e. The number of anilines is 1. The zero-order valence-corrected chi connectivity index (χ0v) is 10.8. The summed E-state index contributed by atoms with van der Waals surface area (Å²) >= 11 is 0. The summed E-state index contributed by atoms with van der Waals surface area (Å²) < 4.78 is 13.9. The van der Waals surface area contributed by atoms with Crippen molar-refractivity contribution in [1.29, 1.82) is 0 Å². The van der Waals surface area contributed by atoms with Crippen molar-refractivity contribution in [2.24, 2.45) is 11.8 Å². The van der Waals surface area contributed by atoms with Gasteiger partial charge in [0.1, 0.15) is 5.82 Å². The van der Waals surface area contributed by atoms with Gasteiger partial charge in [0.2, 0.25) is 0 Å². The van der Waals surface area contributed by atoms with Crippen molar-refractivity contribution in [3.8, 4) is 0 Å². The van der Waals surface area contributed by atoms with Gasteiger partial charge in [-0.3, -0.25) is 0 Å². The molecule has 1 saturated heterocycles. The number of halogens is 1. The molecule has 1 aliphatic carbocycles. The molecule has 2 heteroatoms. The lowest BCUT2D eigenvalue weighted by Gasteiger charge is -2.25. The Bertz CT molecular complexity index is 437. The van der Waals surface area contributed by atoms with E-state index in [0.29, 0.717) is 0 Å². The minimum absolute atomic E-state index is 0.0701. The van der Waals surface area contributed by atoms with Crippen LogP contribution in [-0.4, -0.2) is 13.1 Å². The van der Waals surface area contributed by atoms with Crippen LogP contribution >= 0.6 is 0 Å². The highest BCUT2D eigenvalue weighted by molar-refractivity contribution is 5.53. The molecule has 2 aliphatic rings. The van der Waals surface area contributed by atoms with Crippen LogP contribution in [0.5, 0.6) is 0 Å². The van der Waals surface area contributed by atoms with Crippen molar-refractivity contribution in [1.82, 2.24) is 0 Å². The number of fused-ring (bicyclic) bond motifs is 1. The Kier molecular flexibility index (Phi) is 2.26. The van der Waals surface area contributed by atoms with Gasteiger partial charge in [-0.05, 0) is 41.4 Å². The third kappa shape index (κ3) is 1.94. The monoisotopic (exact) mass is 233 g/mol. The van der Waals surface area contributed by atoms with E-state index in [1.165, 1.54) is 12.0 Å². The summed E-state index contributed by atoms with van der Waals surface area (Å²) in [5.74, 6) is 1.61. The van der Waals surface area contributed by atoms with E-state index in [1.54, 1.807) is 6.07 Å². The van der Waals surface area contributed by atoms with Crippen LogP contribution in [0, 0.1) is 17.7 Å². The highest BCUT2D eigenvalue weighted by atomic mass is 19.1. The summed E-state index contributed by atoms with van der Waals surface area (Å²) in [6.07, 6.45) is 1.36. The fourth-order valence-corrected chi connectivity index (χ4v) is 2.82. The van der Waals surface area contributed by atoms with Gasteiger partial charge in [0.05, 0.1) is 5.69 Å². The number of benzene rings is 1. The molecule has 0 spiro atoms. The van der Waals surface area contributed by atoms with Crippen molar-refractivity contribution in [3.63, 3.8) is 0 Å². The largest absolute Gasteiger partial charge is 0.369 e. The lowest BCUT2D eigenvalue weighted by molar-refractivity contribution is 0.580. The van der Waals surface area contributed by atoms with Gasteiger partial charge in [0.15, 0.2) is 0 Å². The van der Waals surface area contributed by atoms with Crippen molar-refractivity contribution in [2.75, 3.05) is 18.0 Å². The van der Waals surface area contributed by atoms with E-state index in [1.807, 2.05) is 12.1 Å². The normalized spacial score (nSPS) is 27.2. The lowest BCUT2D eigenvalue weighted by Crippen LogP contribution is -2.23. The first-order valence-corrected chi connectivity index (χ1v) is 6.50. The average Bonchev–Trinajstić information content (AvgIpc) is 2.85. The third-order valence-corrected chi connectivity index (χ3v) is 4.13. The van der Waals surface area contributed by atoms with E-state index in [2.05, 4.69) is 25.7 Å². The molecule has 0 radical (unpaired) electrons. The quantitative estimate of drug-likeness (QED) is 0.716. The molecule has 3 rings (SSSR count). The third-order valence-electron chi connectivity index (χ3n) is 4.13. The van der Waals surface area contributed by atoms with Crippen LogP contribution in [0.2, 0.25) is 0 Å². The molecule has 2 unspecified atom stereocenters. The molecule has 0 bridgehead atoms. The van der Waals surface area contributed by atoms with Crippen molar-refractivity contribution < 1.29 is 4.39 Å². The molecule has 1 nitrogen and oxygen atoms in total. The Hall–Kier alpha value is -1.05. The van der Waals surface area contributed by atoms with Crippen molar-refractivity contribution in [3.05, 3.63) is 29.6 Å². The van der Waals surface area contributed by atoms with Crippen LogP contribution < -0.4 is 4.90 Å². The van der Waals surface area contributed by atoms with Crippen LogP contribution in [0.1, 0.15) is 32.8 Å². The van der Waals surface area contributed by atoms with E-state index in [0.717, 1.165) is 30.6 Å². The first-order valence-electron chi connectivity index (χ1n) is 6.50. The molecular weight excluding hydrogens is 213 g/mol. The van der Waals surface area contributed by atoms with E-state index in [9.17, 15) is 4.39 Å². The molecular formula is C15H20FN. The summed E-state index contributed by atoms with van der Waals surface area (Å²) in [5.41, 5.74) is 2.12. The molecule has 0 N–H and O–H groups in total. The standard InChI is InChI=1S/C15H20FN/c1-15(2,3)12-4-5-13(16)14(7-12)17-8-10-6-11(10)9-17/h4-5,7,10-11H,6,8-9H2,1-3H3. The number of hydrogen-bond donors (Lipinski definition) is 0. The Morgan fingerprint density at radius 2 is 1.82 bits per heavy atom. The zero-order chi connectivity index (χ0) is 12.2. The summed E-state index contributed by atoms with van der Waals surface area (Å²) in [6.45, 7) is 8.62. The van der Waals surface area contributed by atoms with E-state index >= 15 is 0 Å². The van der Waals surface area contributed by atoms with Gasteiger partial charge in [-0.25, -0.2) is 4.39 Å². The van der Waals surface area contributed by atoms with Crippen LogP contribution in [0.25, 0.3) is 0 Å². The maximum Gasteiger partial charge on any atom is 0.146 e. The molecule has 2 atom stereocenters. The van der Waals surface area contributed by atoms with Gasteiger partial charge >= 0.3 is 0 Å². The SMILES string of the molecule is CC(C)(C)c1ccc(F)c(N2CC3CC3C2)c1. The summed E-state index contributed by atoms with van der Waals surface area (Å²) in [4.78, 5) is 2.23. The number of piperidine rings is 1. The average molecular weight is 233 g/mol. The molecule has 0 aromatic heterocycles. The Balaban J connectivity index is 1.92. The summed E-state index contributed by atoms with van der Waals surface area (Å²) in [6, 6.07) is 5.58. The summed E-state index contributed by atoms with van der Waals surface area (Å²) in [5, 5.41) is 0. The maximum absolute atomic E-state index is 13.9. The van der Waals surface area contributed by atoms with Gasteiger partial charge in [-0.15, -0.1) is 0 Å². The predicted molar refractivity (Wildman–Crippen MR) is 68.9 cm³/mol. The fourth-order valence-electron chi connectivity index (χ4n) is 2.82. The molecule has 1 aliphatic heterocycles. The highest BCUT2D eigenvalue weighted by Crippen LogP contribution is 2.47. The predicted octanol–water partition coefficient (Wildman–Crippen LogP) is 3.58. The Morgan fingerprint density at radius 3 is 2.41 bits per heavy atom. The first kappa shape index (κ1) is 11.1. The van der Waals surface area contributed by atoms with Gasteiger partial charge in [0, 0.05) is 13.1 Å². The van der Waals surface area contributed by atoms with Crippen molar-refractivity contribution in [2.45, 2.75) is 32.6 Å². The molecule has 2 fully saturated rings. The first-order chi connectivity index (χ1) is 7.95. The van der Waals surface area contributed by atoms with Crippen LogP contribution in [0.3, 0.4) is 0 Å². The van der Waals surface area contributed by atoms with Gasteiger partial charge < -0.3 is 4.90 Å². The van der Waals surface area contributed by atoms with Gasteiger partial charge in [-0.2, -0.15) is 0 Å². The molecule has 1 aromatic rings. The lowest BCUT2D eigenvalue weighted by atomic mass is 9.87. The number of hydrogen-bond acceptors (Lipinski definition) is 1. The topological polar surface area (TPSA) is 3.24 Å². The molecule has 0 amide bonds. The number of rotatable bonds is 1. The minimum Gasteiger partial charge on any atom is -0.369 e. The second-order valence-corrected chi connectivity index (χ2v) is 6.58. The van der Waals surface area contributed by atoms with Crippen molar-refractivity contribution >= 4 is 5.69 Å². The van der Waals surface area contributed by atoms with Gasteiger partial charge in [-0.1, -0.05) is 26.8 Å². The summed E-state index contributed by atoms with van der Waals surface area (Å²) in [7, 11) is 0. The highest BCUT2D eigenvalue weighted by Gasteiger charge is 2.45. The fraction of sp³-hybridized carbons (Fsp3) is 0.600.